The number of piperidine rings is 1. The number of nitriles is 1. The molecular weight excluding hydrogens is 330 g/mol. The highest BCUT2D eigenvalue weighted by Gasteiger charge is 2.37. The largest absolute Gasteiger partial charge is 0.465 e. The van der Waals surface area contributed by atoms with Crippen LogP contribution < -0.4 is 5.32 Å². The minimum Gasteiger partial charge on any atom is -0.465 e. The fourth-order valence-electron chi connectivity index (χ4n) is 3.93. The summed E-state index contributed by atoms with van der Waals surface area (Å²) in [5.41, 5.74) is 1.64. The Morgan fingerprint density at radius 1 is 1.38 bits per heavy atom. The summed E-state index contributed by atoms with van der Waals surface area (Å²) in [5, 5.41) is 27.4. The maximum Gasteiger partial charge on any atom is 0.407 e. The molecule has 0 bridgehead atoms. The Hall–Kier alpha value is -2.75. The molecule has 136 valence electrons. The van der Waals surface area contributed by atoms with Gasteiger partial charge in [0.15, 0.2) is 0 Å². The lowest BCUT2D eigenvalue weighted by Crippen LogP contribution is -2.43. The molecule has 2 heterocycles. The van der Waals surface area contributed by atoms with E-state index in [9.17, 15) is 10.1 Å². The van der Waals surface area contributed by atoms with Crippen LogP contribution in [0.2, 0.25) is 0 Å². The van der Waals surface area contributed by atoms with Gasteiger partial charge >= 0.3 is 6.09 Å². The van der Waals surface area contributed by atoms with Gasteiger partial charge in [0.05, 0.1) is 17.8 Å². The van der Waals surface area contributed by atoms with E-state index >= 15 is 0 Å². The highest BCUT2D eigenvalue weighted by Crippen LogP contribution is 2.35. The summed E-state index contributed by atoms with van der Waals surface area (Å²) in [7, 11) is 0. The Labute approximate surface area is 152 Å². The van der Waals surface area contributed by atoms with E-state index in [1.165, 1.54) is 4.90 Å². The molecule has 2 aliphatic rings. The molecular formula is C19H23N5O2. The summed E-state index contributed by atoms with van der Waals surface area (Å²) < 4.78 is 2.02. The quantitative estimate of drug-likeness (QED) is 0.879. The van der Waals surface area contributed by atoms with Gasteiger partial charge in [0.1, 0.15) is 5.54 Å². The van der Waals surface area contributed by atoms with Crippen LogP contribution in [0.25, 0.3) is 10.9 Å². The first-order valence-electron chi connectivity index (χ1n) is 9.21. The van der Waals surface area contributed by atoms with Gasteiger partial charge in [-0.05, 0) is 56.2 Å². The van der Waals surface area contributed by atoms with Crippen molar-refractivity contribution in [1.82, 2.24) is 14.7 Å². The number of likely N-dealkylation sites (tertiary alicyclic amines) is 1. The van der Waals surface area contributed by atoms with Gasteiger partial charge in [0.25, 0.3) is 0 Å². The molecule has 0 atom stereocenters. The molecule has 7 heteroatoms. The lowest BCUT2D eigenvalue weighted by molar-refractivity contribution is 0.121. The van der Waals surface area contributed by atoms with Crippen molar-refractivity contribution in [3.05, 3.63) is 24.4 Å². The van der Waals surface area contributed by atoms with E-state index < -0.39 is 11.6 Å². The van der Waals surface area contributed by atoms with Crippen molar-refractivity contribution >= 4 is 22.7 Å². The third kappa shape index (κ3) is 3.07. The van der Waals surface area contributed by atoms with Crippen molar-refractivity contribution in [3.63, 3.8) is 0 Å². The van der Waals surface area contributed by atoms with Gasteiger partial charge in [-0.15, -0.1) is 0 Å². The van der Waals surface area contributed by atoms with Gasteiger partial charge in [0, 0.05) is 30.7 Å². The summed E-state index contributed by atoms with van der Waals surface area (Å²) in [6.07, 6.45) is 5.69. The SMILES string of the molecule is N#CC1(Nc2ccc3c(cnn3CC3CCN(C(=O)O)CC3)c2)CCC1. The van der Waals surface area contributed by atoms with Crippen molar-refractivity contribution in [2.75, 3.05) is 18.4 Å². The van der Waals surface area contributed by atoms with Gasteiger partial charge in [-0.25, -0.2) is 4.79 Å². The second-order valence-electron chi connectivity index (χ2n) is 7.49. The predicted octanol–water partition coefficient (Wildman–Crippen LogP) is 3.28. The lowest BCUT2D eigenvalue weighted by atomic mass is 9.78. The van der Waals surface area contributed by atoms with E-state index in [1.54, 1.807) is 0 Å². The van der Waals surface area contributed by atoms with Crippen LogP contribution in [0, 0.1) is 17.2 Å². The van der Waals surface area contributed by atoms with Crippen molar-refractivity contribution in [1.29, 1.82) is 5.26 Å². The zero-order valence-corrected chi connectivity index (χ0v) is 14.7. The molecule has 2 N–H and O–H groups in total. The van der Waals surface area contributed by atoms with Gasteiger partial charge in [-0.1, -0.05) is 0 Å². The summed E-state index contributed by atoms with van der Waals surface area (Å²) >= 11 is 0. The van der Waals surface area contributed by atoms with Crippen molar-refractivity contribution in [2.24, 2.45) is 5.92 Å². The number of nitrogens with zero attached hydrogens (tertiary/aromatic N) is 4. The van der Waals surface area contributed by atoms with Gasteiger partial charge in [-0.2, -0.15) is 10.4 Å². The number of hydrogen-bond acceptors (Lipinski definition) is 4. The smallest absolute Gasteiger partial charge is 0.407 e. The molecule has 2 fully saturated rings. The van der Waals surface area contributed by atoms with Gasteiger partial charge < -0.3 is 15.3 Å². The molecule has 1 aliphatic heterocycles. The Balaban J connectivity index is 1.45. The molecule has 1 aliphatic carbocycles. The van der Waals surface area contributed by atoms with Crippen molar-refractivity contribution in [3.8, 4) is 6.07 Å². The molecule has 1 saturated heterocycles. The molecule has 1 amide bonds. The van der Waals surface area contributed by atoms with Crippen LogP contribution >= 0.6 is 0 Å². The van der Waals surface area contributed by atoms with Crippen LogP contribution in [0.5, 0.6) is 0 Å². The number of fused-ring (bicyclic) bond motifs is 1. The molecule has 4 rings (SSSR count). The first-order valence-corrected chi connectivity index (χ1v) is 9.21. The Morgan fingerprint density at radius 2 is 2.15 bits per heavy atom. The average molecular weight is 353 g/mol. The third-order valence-corrected chi connectivity index (χ3v) is 5.76. The number of hydrogen-bond donors (Lipinski definition) is 2. The standard InChI is InChI=1S/C19H23N5O2/c20-13-19(6-1-7-19)22-16-2-3-17-15(10-16)11-21-24(17)12-14-4-8-23(9-5-14)18(25)26/h2-3,10-11,14,22H,1,4-9,12H2,(H,25,26). The zero-order valence-electron chi connectivity index (χ0n) is 14.7. The minimum atomic E-state index is -0.824. The minimum absolute atomic E-state index is 0.401. The normalized spacial score (nSPS) is 19.7. The Morgan fingerprint density at radius 3 is 2.77 bits per heavy atom. The first kappa shape index (κ1) is 16.7. The molecule has 7 nitrogen and oxygen atoms in total. The maximum atomic E-state index is 11.0. The van der Waals surface area contributed by atoms with Crippen LogP contribution in [0.3, 0.4) is 0 Å². The van der Waals surface area contributed by atoms with Crippen molar-refractivity contribution in [2.45, 2.75) is 44.2 Å². The van der Waals surface area contributed by atoms with E-state index in [4.69, 9.17) is 5.11 Å². The Kier molecular flexibility index (Phi) is 4.19. The highest BCUT2D eigenvalue weighted by atomic mass is 16.4. The number of aromatic nitrogens is 2. The van der Waals surface area contributed by atoms with Crippen LogP contribution in [0.15, 0.2) is 24.4 Å². The van der Waals surface area contributed by atoms with Gasteiger partial charge in [0.2, 0.25) is 0 Å². The van der Waals surface area contributed by atoms with Crippen LogP contribution in [-0.4, -0.2) is 44.5 Å². The molecule has 0 unspecified atom stereocenters. The number of amides is 1. The summed E-state index contributed by atoms with van der Waals surface area (Å²) in [6.45, 7) is 2.01. The first-order chi connectivity index (χ1) is 12.6. The zero-order chi connectivity index (χ0) is 18.1. The molecule has 1 saturated carbocycles. The molecule has 2 aromatic rings. The van der Waals surface area contributed by atoms with E-state index in [2.05, 4.69) is 28.6 Å². The predicted molar refractivity (Wildman–Crippen MR) is 97.9 cm³/mol. The molecule has 26 heavy (non-hydrogen) atoms. The van der Waals surface area contributed by atoms with Gasteiger partial charge in [-0.3, -0.25) is 4.68 Å². The number of carboxylic acid groups (broad SMARTS) is 1. The van der Waals surface area contributed by atoms with E-state index in [1.807, 2.05) is 16.9 Å². The van der Waals surface area contributed by atoms with Crippen LogP contribution in [0.4, 0.5) is 10.5 Å². The van der Waals surface area contributed by atoms with E-state index in [0.29, 0.717) is 19.0 Å². The van der Waals surface area contributed by atoms with Crippen molar-refractivity contribution < 1.29 is 9.90 Å². The third-order valence-electron chi connectivity index (χ3n) is 5.76. The van der Waals surface area contributed by atoms with Crippen LogP contribution in [0.1, 0.15) is 32.1 Å². The fraction of sp³-hybridized carbons (Fsp3) is 0.526. The van der Waals surface area contributed by atoms with E-state index in [0.717, 1.165) is 55.2 Å². The lowest BCUT2D eigenvalue weighted by Gasteiger charge is -2.36. The second kappa shape index (κ2) is 6.52. The molecule has 1 aromatic carbocycles. The molecule has 0 radical (unpaired) electrons. The number of nitrogens with one attached hydrogen (secondary N) is 1. The second-order valence-corrected chi connectivity index (χ2v) is 7.49. The summed E-state index contributed by atoms with van der Waals surface area (Å²) in [4.78, 5) is 12.5. The maximum absolute atomic E-state index is 11.0. The number of carbonyl (C=O) groups is 1. The van der Waals surface area contributed by atoms with Crippen LogP contribution in [-0.2, 0) is 6.54 Å². The highest BCUT2D eigenvalue weighted by molar-refractivity contribution is 5.82. The number of anilines is 1. The average Bonchev–Trinajstić information content (AvgIpc) is 3.01. The number of rotatable bonds is 4. The van der Waals surface area contributed by atoms with E-state index in [-0.39, 0.29) is 0 Å². The number of benzene rings is 1. The molecule has 0 spiro atoms. The Bertz CT molecular complexity index is 856. The summed E-state index contributed by atoms with van der Waals surface area (Å²) in [5.74, 6) is 0.448. The topological polar surface area (TPSA) is 94.2 Å². The monoisotopic (exact) mass is 353 g/mol. The summed E-state index contributed by atoms with van der Waals surface area (Å²) in [6, 6.07) is 8.54. The molecule has 1 aromatic heterocycles. The fourth-order valence-corrected chi connectivity index (χ4v) is 3.93.